The van der Waals surface area contributed by atoms with Crippen LogP contribution in [-0.2, 0) is 11.0 Å². The fraction of sp³-hybridized carbons (Fsp3) is 0.500. The molecule has 1 aromatic rings. The van der Waals surface area contributed by atoms with Gasteiger partial charge in [0.25, 0.3) is 0 Å². The highest BCUT2D eigenvalue weighted by Crippen LogP contribution is 2.18. The van der Waals surface area contributed by atoms with Crippen LogP contribution in [0.3, 0.4) is 0 Å². The van der Waals surface area contributed by atoms with E-state index in [9.17, 15) is 18.7 Å². The summed E-state index contributed by atoms with van der Waals surface area (Å²) in [6.45, 7) is 4.89. The predicted octanol–water partition coefficient (Wildman–Crippen LogP) is 2.20. The third kappa shape index (κ3) is 5.04. The van der Waals surface area contributed by atoms with E-state index < -0.39 is 39.1 Å². The topological polar surface area (TPSA) is 72.2 Å². The van der Waals surface area contributed by atoms with Crippen LogP contribution in [0.15, 0.2) is 24.3 Å². The number of nitrogens with one attached hydrogen (secondary N) is 1. The summed E-state index contributed by atoms with van der Waals surface area (Å²) in [5, 5.41) is 10.7. The van der Waals surface area contributed by atoms with Crippen molar-refractivity contribution in [3.63, 3.8) is 0 Å². The zero-order chi connectivity index (χ0) is 14.6. The van der Waals surface area contributed by atoms with Crippen LogP contribution >= 0.6 is 0 Å². The Labute approximate surface area is 113 Å². The molecule has 0 aliphatic heterocycles. The predicted molar refractivity (Wildman–Crippen MR) is 72.0 cm³/mol. The van der Waals surface area contributed by atoms with E-state index in [1.54, 1.807) is 20.8 Å². The third-order valence-corrected chi connectivity index (χ3v) is 4.02. The van der Waals surface area contributed by atoms with E-state index in [-0.39, 0.29) is 0 Å². The van der Waals surface area contributed by atoms with Crippen LogP contribution in [-0.4, -0.2) is 20.4 Å². The molecule has 0 saturated heterocycles. The van der Waals surface area contributed by atoms with Gasteiger partial charge in [-0.05, 0) is 38.5 Å². The summed E-state index contributed by atoms with van der Waals surface area (Å²) >= 11 is 0. The van der Waals surface area contributed by atoms with Crippen molar-refractivity contribution in [2.75, 3.05) is 6.54 Å². The Morgan fingerprint density at radius 2 is 1.89 bits per heavy atom. The first kappa shape index (κ1) is 15.7. The molecular weight excluding hydrogens is 271 g/mol. The molecule has 5 nitrogen and oxygen atoms in total. The summed E-state index contributed by atoms with van der Waals surface area (Å²) < 4.78 is 27.0. The van der Waals surface area contributed by atoms with E-state index in [0.29, 0.717) is 5.56 Å². The van der Waals surface area contributed by atoms with E-state index in [1.807, 2.05) is 0 Å². The van der Waals surface area contributed by atoms with Crippen molar-refractivity contribution in [1.82, 2.24) is 4.72 Å². The summed E-state index contributed by atoms with van der Waals surface area (Å²) in [6.07, 6.45) is 0. The molecule has 106 valence electrons. The fourth-order valence-corrected chi connectivity index (χ4v) is 2.18. The normalized spacial score (nSPS) is 14.9. The smallest absolute Gasteiger partial charge is 0.224 e. The van der Waals surface area contributed by atoms with Crippen LogP contribution in [0, 0.1) is 15.9 Å². The molecule has 1 aromatic carbocycles. The van der Waals surface area contributed by atoms with Gasteiger partial charge in [-0.15, -0.1) is 0 Å². The molecule has 7 heteroatoms. The maximum absolute atomic E-state index is 12.9. The molecule has 0 aliphatic carbocycles. The van der Waals surface area contributed by atoms with Crippen molar-refractivity contribution in [3.05, 3.63) is 45.8 Å². The van der Waals surface area contributed by atoms with Crippen molar-refractivity contribution >= 4 is 11.0 Å². The maximum atomic E-state index is 12.9. The monoisotopic (exact) mass is 288 g/mol. The lowest BCUT2D eigenvalue weighted by molar-refractivity contribution is -0.483. The summed E-state index contributed by atoms with van der Waals surface area (Å²) in [7, 11) is -1.44. The van der Waals surface area contributed by atoms with Gasteiger partial charge in [0.2, 0.25) is 6.54 Å². The molecule has 1 rings (SSSR count). The summed E-state index contributed by atoms with van der Waals surface area (Å²) in [4.78, 5) is 10.2. The van der Waals surface area contributed by atoms with Gasteiger partial charge in [-0.1, -0.05) is 12.1 Å². The zero-order valence-electron chi connectivity index (χ0n) is 11.1. The molecule has 0 spiro atoms. The molecule has 0 aromatic heterocycles. The number of nitro groups is 1. The fourth-order valence-electron chi connectivity index (χ4n) is 1.36. The van der Waals surface area contributed by atoms with Gasteiger partial charge in [-0.3, -0.25) is 10.1 Å². The van der Waals surface area contributed by atoms with Crippen LogP contribution in [0.2, 0.25) is 0 Å². The molecule has 0 fully saturated rings. The molecule has 0 unspecified atom stereocenters. The minimum atomic E-state index is -1.44. The first-order chi connectivity index (χ1) is 8.70. The second-order valence-electron chi connectivity index (χ2n) is 5.12. The third-order valence-electron chi connectivity index (χ3n) is 2.41. The average molecular weight is 288 g/mol. The second kappa shape index (κ2) is 6.21. The van der Waals surface area contributed by atoms with Gasteiger partial charge in [0.15, 0.2) is 0 Å². The molecule has 19 heavy (non-hydrogen) atoms. The largest absolute Gasteiger partial charge is 0.264 e. The van der Waals surface area contributed by atoms with Crippen LogP contribution < -0.4 is 4.72 Å². The van der Waals surface area contributed by atoms with Crippen molar-refractivity contribution in [2.45, 2.75) is 31.6 Å². The van der Waals surface area contributed by atoms with E-state index in [2.05, 4.69) is 4.72 Å². The van der Waals surface area contributed by atoms with Gasteiger partial charge in [0.05, 0.1) is 15.7 Å². The van der Waals surface area contributed by atoms with Gasteiger partial charge in [0.1, 0.15) is 11.9 Å². The number of halogens is 1. The standard InChI is InChI=1S/C12H17FN2O3S/c1-12(2,3)19(18)14-11(8-15(16)17)9-4-6-10(13)7-5-9/h4-7,11,14H,8H2,1-3H3/t11-,19+/m0/s1. The average Bonchev–Trinajstić information content (AvgIpc) is 2.27. The van der Waals surface area contributed by atoms with Crippen LogP contribution in [0.1, 0.15) is 32.4 Å². The highest BCUT2D eigenvalue weighted by Gasteiger charge is 2.26. The highest BCUT2D eigenvalue weighted by molar-refractivity contribution is 7.84. The molecule has 0 aliphatic rings. The lowest BCUT2D eigenvalue weighted by Crippen LogP contribution is -2.38. The first-order valence-electron chi connectivity index (χ1n) is 5.75. The molecule has 0 saturated carbocycles. The summed E-state index contributed by atoms with van der Waals surface area (Å²) in [5.41, 5.74) is 0.538. The Morgan fingerprint density at radius 3 is 2.32 bits per heavy atom. The van der Waals surface area contributed by atoms with Crippen LogP contribution in [0.5, 0.6) is 0 Å². The van der Waals surface area contributed by atoms with Gasteiger partial charge in [-0.25, -0.2) is 13.3 Å². The van der Waals surface area contributed by atoms with Crippen molar-refractivity contribution in [1.29, 1.82) is 0 Å². The summed E-state index contributed by atoms with van der Waals surface area (Å²) in [5.74, 6) is -0.416. The Balaban J connectivity index is 2.92. The summed E-state index contributed by atoms with van der Waals surface area (Å²) in [6, 6.07) is 4.65. The molecule has 0 radical (unpaired) electrons. The second-order valence-corrected chi connectivity index (χ2v) is 7.12. The van der Waals surface area contributed by atoms with Crippen molar-refractivity contribution < 1.29 is 13.5 Å². The molecule has 1 N–H and O–H groups in total. The van der Waals surface area contributed by atoms with Gasteiger partial charge in [-0.2, -0.15) is 0 Å². The number of hydrogen-bond donors (Lipinski definition) is 1. The van der Waals surface area contributed by atoms with E-state index in [4.69, 9.17) is 0 Å². The maximum Gasteiger partial charge on any atom is 0.224 e. The number of rotatable bonds is 5. The number of nitrogens with zero attached hydrogens (tertiary/aromatic N) is 1. The van der Waals surface area contributed by atoms with Crippen LogP contribution in [0.4, 0.5) is 4.39 Å². The molecule has 2 atom stereocenters. The van der Waals surface area contributed by atoms with Crippen molar-refractivity contribution in [2.24, 2.45) is 0 Å². The minimum absolute atomic E-state index is 0.409. The highest BCUT2D eigenvalue weighted by atomic mass is 32.2. The van der Waals surface area contributed by atoms with Gasteiger partial charge in [0, 0.05) is 4.92 Å². The molecule has 0 bridgehead atoms. The zero-order valence-corrected chi connectivity index (χ0v) is 11.9. The van der Waals surface area contributed by atoms with Crippen molar-refractivity contribution in [3.8, 4) is 0 Å². The van der Waals surface area contributed by atoms with Crippen LogP contribution in [0.25, 0.3) is 0 Å². The first-order valence-corrected chi connectivity index (χ1v) is 6.90. The van der Waals surface area contributed by atoms with E-state index in [1.165, 1.54) is 24.3 Å². The Kier molecular flexibility index (Phi) is 5.13. The van der Waals surface area contributed by atoms with Gasteiger partial charge >= 0.3 is 0 Å². The Hall–Kier alpha value is -1.34. The van der Waals surface area contributed by atoms with E-state index in [0.717, 1.165) is 0 Å². The molecule has 0 heterocycles. The Bertz CT molecular complexity index is 471. The number of benzene rings is 1. The number of hydrogen-bond acceptors (Lipinski definition) is 3. The SMILES string of the molecule is CC(C)(C)[S@@](=O)N[C@@H](C[N+](=O)[O-])c1ccc(F)cc1. The molecule has 0 amide bonds. The lowest BCUT2D eigenvalue weighted by Gasteiger charge is -2.22. The minimum Gasteiger partial charge on any atom is -0.264 e. The molecular formula is C12H17FN2O3S. The Morgan fingerprint density at radius 1 is 1.37 bits per heavy atom. The van der Waals surface area contributed by atoms with Gasteiger partial charge < -0.3 is 0 Å². The van der Waals surface area contributed by atoms with E-state index >= 15 is 0 Å². The quantitative estimate of drug-likeness (QED) is 0.667. The lowest BCUT2D eigenvalue weighted by atomic mass is 10.1.